The van der Waals surface area contributed by atoms with E-state index in [0.717, 1.165) is 6.20 Å². The van der Waals surface area contributed by atoms with E-state index in [1.165, 1.54) is 12.1 Å². The molecule has 0 aromatic heterocycles. The van der Waals surface area contributed by atoms with Gasteiger partial charge in [0.15, 0.2) is 11.5 Å². The van der Waals surface area contributed by atoms with Gasteiger partial charge in [-0.3, -0.25) is 10.1 Å². The number of nitro groups is 1. The molecule has 6 nitrogen and oxygen atoms in total. The van der Waals surface area contributed by atoms with Crippen molar-refractivity contribution in [2.24, 2.45) is 0 Å². The highest BCUT2D eigenvalue weighted by molar-refractivity contribution is 6.30. The molecule has 0 aliphatic rings. The first-order valence-corrected chi connectivity index (χ1v) is 7.43. The zero-order valence-electron chi connectivity index (χ0n) is 12.8. The Balaban J connectivity index is 2.23. The van der Waals surface area contributed by atoms with Crippen molar-refractivity contribution in [1.29, 1.82) is 0 Å². The summed E-state index contributed by atoms with van der Waals surface area (Å²) in [4.78, 5) is 22.0. The number of ether oxygens (including phenoxy) is 2. The lowest BCUT2D eigenvalue weighted by molar-refractivity contribution is -0.400. The van der Waals surface area contributed by atoms with Crippen LogP contribution in [0, 0.1) is 10.1 Å². The number of halogens is 1. The molecule has 0 radical (unpaired) electrons. The van der Waals surface area contributed by atoms with Gasteiger partial charge >= 0.3 is 5.97 Å². The van der Waals surface area contributed by atoms with E-state index >= 15 is 0 Å². The number of benzene rings is 2. The fourth-order valence-corrected chi connectivity index (χ4v) is 2.00. The van der Waals surface area contributed by atoms with Crippen molar-refractivity contribution in [2.75, 3.05) is 6.61 Å². The van der Waals surface area contributed by atoms with E-state index in [4.69, 9.17) is 21.1 Å². The Hall–Kier alpha value is -2.86. The molecule has 2 aromatic carbocycles. The van der Waals surface area contributed by atoms with E-state index in [9.17, 15) is 14.9 Å². The summed E-state index contributed by atoms with van der Waals surface area (Å²) in [5.41, 5.74) is 0.903. The molecular formula is C17H14ClNO5. The first-order chi connectivity index (χ1) is 11.5. The third kappa shape index (κ3) is 4.82. The molecular weight excluding hydrogens is 334 g/mol. The van der Waals surface area contributed by atoms with Crippen LogP contribution in [0.4, 0.5) is 0 Å². The molecule has 0 amide bonds. The van der Waals surface area contributed by atoms with Crippen molar-refractivity contribution in [3.8, 4) is 11.5 Å². The smallest absolute Gasteiger partial charge is 0.343 e. The molecule has 0 saturated heterocycles. The maximum Gasteiger partial charge on any atom is 0.343 e. The topological polar surface area (TPSA) is 78.7 Å². The van der Waals surface area contributed by atoms with Crippen LogP contribution < -0.4 is 9.47 Å². The average molecular weight is 348 g/mol. The number of carbonyl (C=O) groups excluding carboxylic acids is 1. The molecule has 0 bridgehead atoms. The first-order valence-electron chi connectivity index (χ1n) is 7.06. The average Bonchev–Trinajstić information content (AvgIpc) is 2.55. The van der Waals surface area contributed by atoms with Gasteiger partial charge in [0.05, 0.1) is 17.1 Å². The van der Waals surface area contributed by atoms with Crippen LogP contribution in [0.15, 0.2) is 48.7 Å². The summed E-state index contributed by atoms with van der Waals surface area (Å²) in [6, 6.07) is 11.0. The van der Waals surface area contributed by atoms with Crippen molar-refractivity contribution in [3.05, 3.63) is 74.9 Å². The van der Waals surface area contributed by atoms with Gasteiger partial charge in [-0.2, -0.15) is 0 Å². The van der Waals surface area contributed by atoms with Crippen LogP contribution >= 0.6 is 11.6 Å². The van der Waals surface area contributed by atoms with Gasteiger partial charge in [-0.15, -0.1) is 0 Å². The molecule has 0 atom stereocenters. The molecule has 7 heteroatoms. The second kappa shape index (κ2) is 8.12. The Kier molecular flexibility index (Phi) is 5.92. The highest BCUT2D eigenvalue weighted by Gasteiger charge is 2.13. The van der Waals surface area contributed by atoms with Crippen LogP contribution in [0.25, 0.3) is 6.08 Å². The minimum atomic E-state index is -0.561. The maximum absolute atomic E-state index is 12.2. The second-order valence-electron chi connectivity index (χ2n) is 4.64. The monoisotopic (exact) mass is 347 g/mol. The van der Waals surface area contributed by atoms with Gasteiger partial charge < -0.3 is 9.47 Å². The van der Waals surface area contributed by atoms with Crippen LogP contribution in [0.1, 0.15) is 22.8 Å². The molecule has 124 valence electrons. The molecule has 24 heavy (non-hydrogen) atoms. The third-order valence-corrected chi connectivity index (χ3v) is 3.19. The fourth-order valence-electron chi connectivity index (χ4n) is 1.87. The summed E-state index contributed by atoms with van der Waals surface area (Å²) in [6.45, 7) is 2.14. The number of esters is 1. The van der Waals surface area contributed by atoms with Gasteiger partial charge in [0.25, 0.3) is 0 Å². The quantitative estimate of drug-likeness (QED) is 0.338. The maximum atomic E-state index is 12.2. The highest BCUT2D eigenvalue weighted by atomic mass is 35.5. The van der Waals surface area contributed by atoms with Gasteiger partial charge in [0, 0.05) is 11.1 Å². The van der Waals surface area contributed by atoms with Crippen molar-refractivity contribution in [1.82, 2.24) is 0 Å². The summed E-state index contributed by atoms with van der Waals surface area (Å²) in [5.74, 6) is 0.00145. The number of carbonyl (C=O) groups is 1. The fraction of sp³-hybridized carbons (Fsp3) is 0.118. The minimum absolute atomic E-state index is 0.232. The number of nitrogens with zero attached hydrogens (tertiary/aromatic N) is 1. The summed E-state index contributed by atoms with van der Waals surface area (Å²) in [6.07, 6.45) is 2.15. The summed E-state index contributed by atoms with van der Waals surface area (Å²) >= 11 is 5.79. The summed E-state index contributed by atoms with van der Waals surface area (Å²) in [5, 5.41) is 10.9. The van der Waals surface area contributed by atoms with E-state index in [0.29, 0.717) is 28.5 Å². The lowest BCUT2D eigenvalue weighted by Gasteiger charge is -2.11. The van der Waals surface area contributed by atoms with Crippen molar-refractivity contribution in [3.63, 3.8) is 0 Å². The lowest BCUT2D eigenvalue weighted by atomic mass is 10.2. The van der Waals surface area contributed by atoms with Gasteiger partial charge in [0.1, 0.15) is 0 Å². The van der Waals surface area contributed by atoms with Gasteiger partial charge in [0.2, 0.25) is 6.20 Å². The van der Waals surface area contributed by atoms with Gasteiger partial charge in [-0.1, -0.05) is 17.7 Å². The van der Waals surface area contributed by atoms with Crippen molar-refractivity contribution >= 4 is 23.6 Å². The molecule has 0 saturated carbocycles. The van der Waals surface area contributed by atoms with Crippen molar-refractivity contribution < 1.29 is 19.2 Å². The molecule has 0 N–H and O–H groups in total. The van der Waals surface area contributed by atoms with Crippen LogP contribution in [-0.4, -0.2) is 17.5 Å². The predicted octanol–water partition coefficient (Wildman–Crippen LogP) is 4.21. The molecule has 2 aromatic rings. The first kappa shape index (κ1) is 17.5. The zero-order valence-corrected chi connectivity index (χ0v) is 13.5. The normalized spacial score (nSPS) is 10.6. The van der Waals surface area contributed by atoms with E-state index in [1.54, 1.807) is 43.3 Å². The van der Waals surface area contributed by atoms with E-state index in [1.807, 2.05) is 0 Å². The molecule has 0 aliphatic heterocycles. The third-order valence-electron chi connectivity index (χ3n) is 2.94. The van der Waals surface area contributed by atoms with Crippen LogP contribution in [-0.2, 0) is 0 Å². The molecule has 0 aliphatic carbocycles. The van der Waals surface area contributed by atoms with Crippen LogP contribution in [0.2, 0.25) is 5.02 Å². The number of hydrogen-bond donors (Lipinski definition) is 0. The van der Waals surface area contributed by atoms with E-state index < -0.39 is 10.9 Å². The Labute approximate surface area is 143 Å². The van der Waals surface area contributed by atoms with Gasteiger partial charge in [-0.05, 0) is 48.9 Å². The van der Waals surface area contributed by atoms with E-state index in [-0.39, 0.29) is 5.75 Å². The Morgan fingerprint density at radius 3 is 2.54 bits per heavy atom. The summed E-state index contributed by atoms with van der Waals surface area (Å²) in [7, 11) is 0. The number of hydrogen-bond acceptors (Lipinski definition) is 5. The van der Waals surface area contributed by atoms with Crippen LogP contribution in [0.5, 0.6) is 11.5 Å². The molecule has 0 unspecified atom stereocenters. The molecule has 0 fully saturated rings. The predicted molar refractivity (Wildman–Crippen MR) is 90.0 cm³/mol. The van der Waals surface area contributed by atoms with Crippen LogP contribution in [0.3, 0.4) is 0 Å². The molecule has 2 rings (SSSR count). The SMILES string of the molecule is CCOc1cc(/C=C\[N+](=O)[O-])ccc1OC(=O)c1ccc(Cl)cc1. The standard InChI is InChI=1S/C17H14ClNO5/c1-2-23-16-11-12(9-10-19(21)22)3-8-15(16)24-17(20)13-4-6-14(18)7-5-13/h3-11H,2H2,1H3/b10-9-. The van der Waals surface area contributed by atoms with Crippen molar-refractivity contribution in [2.45, 2.75) is 6.92 Å². The molecule has 0 spiro atoms. The van der Waals surface area contributed by atoms with E-state index in [2.05, 4.69) is 0 Å². The minimum Gasteiger partial charge on any atom is -0.490 e. The Bertz CT molecular complexity index is 771. The second-order valence-corrected chi connectivity index (χ2v) is 5.07. The Morgan fingerprint density at radius 2 is 1.92 bits per heavy atom. The number of rotatable bonds is 6. The lowest BCUT2D eigenvalue weighted by Crippen LogP contribution is -2.09. The Morgan fingerprint density at radius 1 is 1.21 bits per heavy atom. The van der Waals surface area contributed by atoms with Gasteiger partial charge in [-0.25, -0.2) is 4.79 Å². The largest absolute Gasteiger partial charge is 0.490 e. The highest BCUT2D eigenvalue weighted by Crippen LogP contribution is 2.30. The zero-order chi connectivity index (χ0) is 17.5. The molecule has 0 heterocycles. The summed E-state index contributed by atoms with van der Waals surface area (Å²) < 4.78 is 10.8.